The van der Waals surface area contributed by atoms with E-state index in [1.165, 1.54) is 25.2 Å². The Labute approximate surface area is 158 Å². The lowest BCUT2D eigenvalue weighted by atomic mass is 10.0. The fourth-order valence-electron chi connectivity index (χ4n) is 2.92. The Bertz CT molecular complexity index is 997. The van der Waals surface area contributed by atoms with E-state index in [0.717, 1.165) is 10.9 Å². The maximum Gasteiger partial charge on any atom is 0.417 e. The Hall–Kier alpha value is -3.43. The highest BCUT2D eigenvalue weighted by Crippen LogP contribution is 2.42. The number of tetrazole rings is 1. The first-order valence-corrected chi connectivity index (χ1v) is 8.34. The number of carbonyl (C=O) groups excluding carboxylic acids is 1. The van der Waals surface area contributed by atoms with Crippen LogP contribution in [0, 0.1) is 0 Å². The SMILES string of the molecule is CCN(c1ccc(C(N)=O)cc1)c1cccc(C(F)(F)F)c1-c1nnn(C)n1. The second kappa shape index (κ2) is 7.29. The average Bonchev–Trinajstić information content (AvgIpc) is 3.08. The van der Waals surface area contributed by atoms with Gasteiger partial charge >= 0.3 is 6.18 Å². The molecule has 3 rings (SSSR count). The predicted octanol–water partition coefficient (Wildman–Crippen LogP) is 3.15. The van der Waals surface area contributed by atoms with Crippen molar-refractivity contribution in [2.24, 2.45) is 12.8 Å². The lowest BCUT2D eigenvalue weighted by molar-refractivity contribution is -0.137. The summed E-state index contributed by atoms with van der Waals surface area (Å²) in [5, 5.41) is 11.4. The van der Waals surface area contributed by atoms with Gasteiger partial charge in [0.05, 0.1) is 23.9 Å². The smallest absolute Gasteiger partial charge is 0.366 e. The standard InChI is InChI=1S/C18H17F3N6O/c1-3-27(12-9-7-11(8-10-12)16(22)28)14-6-4-5-13(18(19,20)21)15(14)17-23-25-26(2)24-17/h4-10H,3H2,1-2H3,(H2,22,28). The number of aromatic nitrogens is 4. The van der Waals surface area contributed by atoms with Crippen molar-refractivity contribution < 1.29 is 18.0 Å². The molecule has 0 unspecified atom stereocenters. The van der Waals surface area contributed by atoms with Crippen LogP contribution in [0.3, 0.4) is 0 Å². The summed E-state index contributed by atoms with van der Waals surface area (Å²) in [4.78, 5) is 14.0. The molecule has 146 valence electrons. The summed E-state index contributed by atoms with van der Waals surface area (Å²) in [6, 6.07) is 10.2. The Kier molecular flexibility index (Phi) is 5.04. The second-order valence-corrected chi connectivity index (χ2v) is 5.96. The third kappa shape index (κ3) is 3.66. The number of primary amides is 1. The highest BCUT2D eigenvalue weighted by atomic mass is 19.4. The van der Waals surface area contributed by atoms with Crippen LogP contribution in [0.4, 0.5) is 24.5 Å². The maximum absolute atomic E-state index is 13.7. The van der Waals surface area contributed by atoms with Gasteiger partial charge in [0.1, 0.15) is 0 Å². The van der Waals surface area contributed by atoms with E-state index in [0.29, 0.717) is 17.8 Å². The van der Waals surface area contributed by atoms with Crippen LogP contribution < -0.4 is 10.6 Å². The van der Waals surface area contributed by atoms with Crippen molar-refractivity contribution in [1.29, 1.82) is 0 Å². The molecule has 0 radical (unpaired) electrons. The molecule has 0 fully saturated rings. The van der Waals surface area contributed by atoms with Crippen molar-refractivity contribution in [2.75, 3.05) is 11.4 Å². The maximum atomic E-state index is 13.7. The second-order valence-electron chi connectivity index (χ2n) is 5.96. The van der Waals surface area contributed by atoms with E-state index < -0.39 is 17.6 Å². The molecule has 0 bridgehead atoms. The molecule has 0 saturated carbocycles. The third-order valence-corrected chi connectivity index (χ3v) is 4.15. The summed E-state index contributed by atoms with van der Waals surface area (Å²) >= 11 is 0. The van der Waals surface area contributed by atoms with Gasteiger partial charge in [0.25, 0.3) is 0 Å². The lowest BCUT2D eigenvalue weighted by Gasteiger charge is -2.27. The van der Waals surface area contributed by atoms with Crippen LogP contribution in [-0.2, 0) is 13.2 Å². The minimum absolute atomic E-state index is 0.127. The molecule has 1 amide bonds. The van der Waals surface area contributed by atoms with E-state index in [-0.39, 0.29) is 17.1 Å². The quantitative estimate of drug-likeness (QED) is 0.723. The number of hydrogen-bond donors (Lipinski definition) is 1. The zero-order valence-electron chi connectivity index (χ0n) is 15.1. The molecule has 28 heavy (non-hydrogen) atoms. The number of hydrogen-bond acceptors (Lipinski definition) is 5. The highest BCUT2D eigenvalue weighted by Gasteiger charge is 2.37. The third-order valence-electron chi connectivity index (χ3n) is 4.15. The minimum atomic E-state index is -4.60. The average molecular weight is 390 g/mol. The fraction of sp³-hybridized carbons (Fsp3) is 0.222. The van der Waals surface area contributed by atoms with Gasteiger partial charge in [0.15, 0.2) is 0 Å². The van der Waals surface area contributed by atoms with Crippen LogP contribution >= 0.6 is 0 Å². The molecule has 0 atom stereocenters. The number of halogens is 3. The van der Waals surface area contributed by atoms with Gasteiger partial charge in [-0.25, -0.2) is 0 Å². The number of nitrogens with zero attached hydrogens (tertiary/aromatic N) is 5. The molecular weight excluding hydrogens is 373 g/mol. The van der Waals surface area contributed by atoms with Gasteiger partial charge < -0.3 is 10.6 Å². The van der Waals surface area contributed by atoms with Gasteiger partial charge in [-0.2, -0.15) is 18.0 Å². The molecule has 2 aromatic carbocycles. The van der Waals surface area contributed by atoms with E-state index in [2.05, 4.69) is 15.4 Å². The number of carbonyl (C=O) groups is 1. The molecule has 0 spiro atoms. The van der Waals surface area contributed by atoms with E-state index >= 15 is 0 Å². The van der Waals surface area contributed by atoms with Gasteiger partial charge in [-0.15, -0.1) is 10.2 Å². The zero-order valence-corrected chi connectivity index (χ0v) is 15.1. The molecular formula is C18H17F3N6O. The molecule has 0 aliphatic carbocycles. The number of nitrogens with two attached hydrogens (primary N) is 1. The molecule has 7 nitrogen and oxygen atoms in total. The first kappa shape index (κ1) is 19.3. The predicted molar refractivity (Wildman–Crippen MR) is 96.9 cm³/mol. The first-order valence-electron chi connectivity index (χ1n) is 8.34. The van der Waals surface area contributed by atoms with Crippen LogP contribution in [0.1, 0.15) is 22.8 Å². The van der Waals surface area contributed by atoms with Crippen LogP contribution in [0.15, 0.2) is 42.5 Å². The van der Waals surface area contributed by atoms with Crippen LogP contribution in [-0.4, -0.2) is 32.7 Å². The molecule has 0 aliphatic heterocycles. The largest absolute Gasteiger partial charge is 0.417 e. The van der Waals surface area contributed by atoms with Crippen LogP contribution in [0.2, 0.25) is 0 Å². The molecule has 1 heterocycles. The van der Waals surface area contributed by atoms with Crippen molar-refractivity contribution in [1.82, 2.24) is 20.2 Å². The Morgan fingerprint density at radius 1 is 1.18 bits per heavy atom. The van der Waals surface area contributed by atoms with Crippen molar-refractivity contribution in [3.8, 4) is 11.4 Å². The Balaban J connectivity index is 2.20. The monoisotopic (exact) mass is 390 g/mol. The van der Waals surface area contributed by atoms with Crippen molar-refractivity contribution in [3.05, 3.63) is 53.6 Å². The van der Waals surface area contributed by atoms with Crippen LogP contribution in [0.5, 0.6) is 0 Å². The van der Waals surface area contributed by atoms with E-state index in [1.54, 1.807) is 30.0 Å². The highest BCUT2D eigenvalue weighted by molar-refractivity contribution is 5.93. The summed E-state index contributed by atoms with van der Waals surface area (Å²) in [7, 11) is 1.48. The van der Waals surface area contributed by atoms with E-state index in [4.69, 9.17) is 5.73 Å². The molecule has 1 aromatic heterocycles. The van der Waals surface area contributed by atoms with Gasteiger partial charge in [-0.1, -0.05) is 6.07 Å². The summed E-state index contributed by atoms with van der Waals surface area (Å²) < 4.78 is 41.0. The Morgan fingerprint density at radius 3 is 2.36 bits per heavy atom. The van der Waals surface area contributed by atoms with Crippen molar-refractivity contribution >= 4 is 17.3 Å². The summed E-state index contributed by atoms with van der Waals surface area (Å²) in [6.45, 7) is 2.17. The topological polar surface area (TPSA) is 89.9 Å². The van der Waals surface area contributed by atoms with Crippen molar-refractivity contribution in [2.45, 2.75) is 13.1 Å². The summed E-state index contributed by atoms with van der Waals surface area (Å²) in [6.07, 6.45) is -4.60. The normalized spacial score (nSPS) is 11.5. The van der Waals surface area contributed by atoms with Gasteiger partial charge in [-0.3, -0.25) is 4.79 Å². The summed E-state index contributed by atoms with van der Waals surface area (Å²) in [5.41, 5.74) is 5.41. The number of alkyl halides is 3. The van der Waals surface area contributed by atoms with Gasteiger partial charge in [0, 0.05) is 17.8 Å². The zero-order chi connectivity index (χ0) is 20.5. The molecule has 3 aromatic rings. The molecule has 2 N–H and O–H groups in total. The number of amides is 1. The lowest BCUT2D eigenvalue weighted by Crippen LogP contribution is -2.19. The minimum Gasteiger partial charge on any atom is -0.366 e. The van der Waals surface area contributed by atoms with Crippen LogP contribution in [0.25, 0.3) is 11.4 Å². The fourth-order valence-corrected chi connectivity index (χ4v) is 2.92. The summed E-state index contributed by atoms with van der Waals surface area (Å²) in [5.74, 6) is -0.712. The molecule has 0 aliphatic rings. The number of rotatable bonds is 5. The van der Waals surface area contributed by atoms with E-state index in [9.17, 15) is 18.0 Å². The molecule has 10 heteroatoms. The van der Waals surface area contributed by atoms with Gasteiger partial charge in [-0.05, 0) is 48.5 Å². The van der Waals surface area contributed by atoms with E-state index in [1.807, 2.05) is 0 Å². The molecule has 0 saturated heterocycles. The number of benzene rings is 2. The first-order chi connectivity index (χ1) is 13.2. The Morgan fingerprint density at radius 2 is 1.86 bits per heavy atom. The van der Waals surface area contributed by atoms with Crippen molar-refractivity contribution in [3.63, 3.8) is 0 Å². The number of anilines is 2. The van der Waals surface area contributed by atoms with Gasteiger partial charge in [0.2, 0.25) is 11.7 Å². The number of aryl methyl sites for hydroxylation is 1.